The van der Waals surface area contributed by atoms with Crippen molar-refractivity contribution in [2.24, 2.45) is 10.9 Å². The summed E-state index contributed by atoms with van der Waals surface area (Å²) in [4.78, 5) is 12.6. The van der Waals surface area contributed by atoms with Crippen molar-refractivity contribution in [3.63, 3.8) is 0 Å². The highest BCUT2D eigenvalue weighted by Gasteiger charge is 2.18. The Kier molecular flexibility index (Phi) is 6.09. The van der Waals surface area contributed by atoms with Gasteiger partial charge < -0.3 is 10.0 Å². The van der Waals surface area contributed by atoms with Crippen LogP contribution < -0.4 is 10.0 Å². The zero-order valence-corrected chi connectivity index (χ0v) is 16.6. The Morgan fingerprint density at radius 2 is 1.55 bits per heavy atom. The van der Waals surface area contributed by atoms with Gasteiger partial charge in [-0.15, -0.1) is 0 Å². The summed E-state index contributed by atoms with van der Waals surface area (Å²) in [5.41, 5.74) is 2.39. The Bertz CT molecular complexity index is 1120. The van der Waals surface area contributed by atoms with Crippen LogP contribution in [0.25, 0.3) is 0 Å². The first-order valence-electron chi connectivity index (χ1n) is 8.85. The van der Waals surface area contributed by atoms with Gasteiger partial charge in [-0.05, 0) is 48.9 Å². The van der Waals surface area contributed by atoms with Gasteiger partial charge in [0.25, 0.3) is 0 Å². The minimum absolute atomic E-state index is 0.0643. The number of nitrogens with zero attached hydrogens (tertiary/aromatic N) is 1. The van der Waals surface area contributed by atoms with Crippen molar-refractivity contribution < 1.29 is 17.4 Å². The predicted molar refractivity (Wildman–Crippen MR) is 111 cm³/mol. The van der Waals surface area contributed by atoms with E-state index in [1.807, 2.05) is 37.3 Å². The molecule has 0 spiro atoms. The molecule has 3 aromatic rings. The Morgan fingerprint density at radius 3 is 2.14 bits per heavy atom. The molecule has 0 fully saturated rings. The van der Waals surface area contributed by atoms with E-state index in [9.17, 15) is 13.2 Å². The highest BCUT2D eigenvalue weighted by atomic mass is 32.2. The number of hydrogen-bond donors (Lipinski definition) is 1. The number of carbonyl (C=O) groups excluding carboxylic acids is 1. The molecule has 0 aromatic heterocycles. The maximum atomic E-state index is 12.5. The number of nitrogens with two attached hydrogens (primary N) is 1. The van der Waals surface area contributed by atoms with Crippen LogP contribution in [0.5, 0.6) is 5.75 Å². The summed E-state index contributed by atoms with van der Waals surface area (Å²) < 4.78 is 29.9. The van der Waals surface area contributed by atoms with Crippen molar-refractivity contribution in [2.45, 2.75) is 18.2 Å². The second kappa shape index (κ2) is 8.70. The van der Waals surface area contributed by atoms with Gasteiger partial charge in [-0.25, -0.2) is 0 Å². The SMILES string of the molecule is Cc1ccc(S(=O)(=O)Oc2ccc(/C(=N\N)C(=O)Cc3ccccc3)cc2)cc1. The van der Waals surface area contributed by atoms with E-state index in [-0.39, 0.29) is 28.6 Å². The third-order valence-corrected chi connectivity index (χ3v) is 5.51. The van der Waals surface area contributed by atoms with Gasteiger partial charge in [0.1, 0.15) is 16.4 Å². The number of Topliss-reactive ketones (excluding diaryl/α,β-unsaturated/α-hetero) is 1. The van der Waals surface area contributed by atoms with E-state index < -0.39 is 10.1 Å². The molecule has 0 aliphatic rings. The molecule has 0 unspecified atom stereocenters. The van der Waals surface area contributed by atoms with Gasteiger partial charge in [0.2, 0.25) is 0 Å². The molecule has 0 aliphatic heterocycles. The van der Waals surface area contributed by atoms with Crippen molar-refractivity contribution >= 4 is 21.6 Å². The summed E-state index contributed by atoms with van der Waals surface area (Å²) >= 11 is 0. The van der Waals surface area contributed by atoms with Crippen LogP contribution in [-0.2, 0) is 21.3 Å². The molecule has 148 valence electrons. The fourth-order valence-corrected chi connectivity index (χ4v) is 3.65. The molecule has 0 aliphatic carbocycles. The smallest absolute Gasteiger partial charge is 0.339 e. The van der Waals surface area contributed by atoms with E-state index in [1.54, 1.807) is 24.3 Å². The Hall–Kier alpha value is -3.45. The minimum atomic E-state index is -3.95. The number of hydrazone groups is 1. The quantitative estimate of drug-likeness (QED) is 0.280. The Morgan fingerprint density at radius 1 is 0.931 bits per heavy atom. The van der Waals surface area contributed by atoms with Gasteiger partial charge in [0.05, 0.1) is 0 Å². The van der Waals surface area contributed by atoms with Gasteiger partial charge in [0, 0.05) is 12.0 Å². The zero-order valence-electron chi connectivity index (χ0n) is 15.8. The average Bonchev–Trinajstić information content (AvgIpc) is 2.71. The summed E-state index contributed by atoms with van der Waals surface area (Å²) in [7, 11) is -3.95. The number of benzene rings is 3. The Labute approximate surface area is 169 Å². The molecule has 3 rings (SSSR count). The molecule has 0 saturated carbocycles. The molecule has 7 heteroatoms. The van der Waals surface area contributed by atoms with Gasteiger partial charge in [-0.2, -0.15) is 13.5 Å². The van der Waals surface area contributed by atoms with Crippen LogP contribution in [0.2, 0.25) is 0 Å². The average molecular weight is 408 g/mol. The lowest BCUT2D eigenvalue weighted by atomic mass is 10.0. The predicted octanol–water partition coefficient (Wildman–Crippen LogP) is 3.24. The van der Waals surface area contributed by atoms with Crippen molar-refractivity contribution in [1.82, 2.24) is 0 Å². The number of aryl methyl sites for hydroxylation is 1. The van der Waals surface area contributed by atoms with Crippen molar-refractivity contribution in [3.05, 3.63) is 95.6 Å². The van der Waals surface area contributed by atoms with Crippen molar-refractivity contribution in [2.75, 3.05) is 0 Å². The first-order valence-corrected chi connectivity index (χ1v) is 10.3. The first kappa shape index (κ1) is 20.3. The van der Waals surface area contributed by atoms with Gasteiger partial charge in [-0.3, -0.25) is 4.79 Å². The van der Waals surface area contributed by atoms with Gasteiger partial charge in [0.15, 0.2) is 5.78 Å². The molecule has 3 aromatic carbocycles. The summed E-state index contributed by atoms with van der Waals surface area (Å²) in [6, 6.07) is 21.6. The van der Waals surface area contributed by atoms with Crippen LogP contribution >= 0.6 is 0 Å². The lowest BCUT2D eigenvalue weighted by molar-refractivity contribution is -0.112. The first-order chi connectivity index (χ1) is 13.9. The number of ketones is 1. The maximum Gasteiger partial charge on any atom is 0.339 e. The van der Waals surface area contributed by atoms with Crippen LogP contribution in [0, 0.1) is 6.92 Å². The van der Waals surface area contributed by atoms with Crippen molar-refractivity contribution in [1.29, 1.82) is 0 Å². The highest BCUT2D eigenvalue weighted by molar-refractivity contribution is 7.87. The van der Waals surface area contributed by atoms with E-state index in [4.69, 9.17) is 10.0 Å². The van der Waals surface area contributed by atoms with Gasteiger partial charge in [-0.1, -0.05) is 48.0 Å². The van der Waals surface area contributed by atoms with Crippen LogP contribution in [0.4, 0.5) is 0 Å². The lowest BCUT2D eigenvalue weighted by Gasteiger charge is -2.09. The molecule has 0 amide bonds. The Balaban J connectivity index is 1.74. The summed E-state index contributed by atoms with van der Waals surface area (Å²) in [5.74, 6) is 5.32. The van der Waals surface area contributed by atoms with E-state index in [1.165, 1.54) is 24.3 Å². The third-order valence-electron chi connectivity index (χ3n) is 4.24. The second-order valence-corrected chi connectivity index (χ2v) is 7.98. The molecule has 0 heterocycles. The molecule has 0 saturated heterocycles. The van der Waals surface area contributed by atoms with E-state index in [0.29, 0.717) is 5.56 Å². The normalized spacial score (nSPS) is 11.8. The monoisotopic (exact) mass is 408 g/mol. The van der Waals surface area contributed by atoms with Crippen LogP contribution in [0.15, 0.2) is 88.9 Å². The van der Waals surface area contributed by atoms with E-state index in [2.05, 4.69) is 5.10 Å². The molecule has 0 radical (unpaired) electrons. The summed E-state index contributed by atoms with van der Waals surface area (Å²) in [6.07, 6.45) is 0.164. The minimum Gasteiger partial charge on any atom is -0.379 e. The molecule has 2 N–H and O–H groups in total. The number of rotatable bonds is 7. The zero-order chi connectivity index (χ0) is 20.9. The molecule has 0 atom stereocenters. The van der Waals surface area contributed by atoms with Crippen LogP contribution in [0.3, 0.4) is 0 Å². The largest absolute Gasteiger partial charge is 0.379 e. The molecule has 0 bridgehead atoms. The second-order valence-electron chi connectivity index (χ2n) is 6.44. The lowest BCUT2D eigenvalue weighted by Crippen LogP contribution is -2.19. The summed E-state index contributed by atoms with van der Waals surface area (Å²) in [5, 5.41) is 3.62. The van der Waals surface area contributed by atoms with Gasteiger partial charge >= 0.3 is 10.1 Å². The van der Waals surface area contributed by atoms with Crippen LogP contribution in [0.1, 0.15) is 16.7 Å². The highest BCUT2D eigenvalue weighted by Crippen LogP contribution is 2.20. The molecule has 6 nitrogen and oxygen atoms in total. The standard InChI is InChI=1S/C22H20N2O4S/c1-16-7-13-20(14-8-16)29(26,27)28-19-11-9-18(10-12-19)22(24-23)21(25)15-17-5-3-2-4-6-17/h2-14H,15,23H2,1H3/b24-22+. The van der Waals surface area contributed by atoms with Crippen molar-refractivity contribution in [3.8, 4) is 5.75 Å². The van der Waals surface area contributed by atoms with E-state index in [0.717, 1.165) is 11.1 Å². The van der Waals surface area contributed by atoms with Crippen LogP contribution in [-0.4, -0.2) is 19.9 Å². The molecule has 29 heavy (non-hydrogen) atoms. The topological polar surface area (TPSA) is 98.8 Å². The molecular weight excluding hydrogens is 388 g/mol. The molecular formula is C22H20N2O4S. The van der Waals surface area contributed by atoms with E-state index >= 15 is 0 Å². The third kappa shape index (κ3) is 5.08. The number of hydrogen-bond acceptors (Lipinski definition) is 6. The summed E-state index contributed by atoms with van der Waals surface area (Å²) in [6.45, 7) is 1.87. The fraction of sp³-hybridized carbons (Fsp3) is 0.0909. The number of carbonyl (C=O) groups is 1. The fourth-order valence-electron chi connectivity index (χ4n) is 2.72. The maximum absolute atomic E-state index is 12.5.